The molecule has 2 saturated carbocycles. The van der Waals surface area contributed by atoms with Crippen LogP contribution in [0, 0.1) is 11.8 Å². The van der Waals surface area contributed by atoms with Crippen LogP contribution in [0.15, 0.2) is 23.4 Å². The number of fused-ring (bicyclic) bond motifs is 4. The summed E-state index contributed by atoms with van der Waals surface area (Å²) in [5.74, 6) is 2.01. The summed E-state index contributed by atoms with van der Waals surface area (Å²) in [6, 6.07) is 7.19. The van der Waals surface area contributed by atoms with Crippen LogP contribution in [0.25, 0.3) is 0 Å². The summed E-state index contributed by atoms with van der Waals surface area (Å²) in [5.41, 5.74) is 4.00. The number of nitrogens with zero attached hydrogens (tertiary/aromatic N) is 2. The highest BCUT2D eigenvalue weighted by Gasteiger charge is 2.48. The summed E-state index contributed by atoms with van der Waals surface area (Å²) in [6.45, 7) is 5.06. The van der Waals surface area contributed by atoms with Gasteiger partial charge in [0.1, 0.15) is 6.61 Å². The zero-order chi connectivity index (χ0) is 17.7. The minimum atomic E-state index is 0.213. The van der Waals surface area contributed by atoms with Gasteiger partial charge in [0.05, 0.1) is 5.71 Å². The summed E-state index contributed by atoms with van der Waals surface area (Å²) >= 11 is 6.37. The van der Waals surface area contributed by atoms with Crippen LogP contribution >= 0.6 is 11.6 Å². The minimum Gasteiger partial charge on any atom is -0.396 e. The molecule has 1 spiro atoms. The van der Waals surface area contributed by atoms with Gasteiger partial charge in [0.2, 0.25) is 0 Å². The van der Waals surface area contributed by atoms with Crippen molar-refractivity contribution >= 4 is 17.3 Å². The Morgan fingerprint density at radius 2 is 2.08 bits per heavy atom. The molecule has 3 aliphatic carbocycles. The third-order valence-corrected chi connectivity index (χ3v) is 7.83. The molecule has 5 rings (SSSR count). The van der Waals surface area contributed by atoms with Crippen molar-refractivity contribution in [3.63, 3.8) is 0 Å². The smallest absolute Gasteiger partial charge is 0.114 e. The first-order chi connectivity index (χ1) is 12.7. The molecule has 2 bridgehead atoms. The van der Waals surface area contributed by atoms with Gasteiger partial charge in [0, 0.05) is 28.5 Å². The average Bonchev–Trinajstić information content (AvgIpc) is 3.35. The molecule has 3 atom stereocenters. The largest absolute Gasteiger partial charge is 0.396 e. The maximum atomic E-state index is 6.37. The fourth-order valence-corrected chi connectivity index (χ4v) is 6.50. The van der Waals surface area contributed by atoms with E-state index < -0.39 is 0 Å². The lowest BCUT2D eigenvalue weighted by molar-refractivity contribution is 0.0861. The molecule has 1 aromatic rings. The summed E-state index contributed by atoms with van der Waals surface area (Å²) in [6.07, 6.45) is 9.36. The molecule has 140 valence electrons. The van der Waals surface area contributed by atoms with Crippen LogP contribution in [0.4, 0.5) is 0 Å². The Balaban J connectivity index is 1.38. The first-order valence-electron chi connectivity index (χ1n) is 10.4. The molecular formula is C22H29ClN2O. The van der Waals surface area contributed by atoms with Gasteiger partial charge in [-0.1, -0.05) is 29.2 Å². The Morgan fingerprint density at radius 3 is 2.77 bits per heavy atom. The second-order valence-corrected chi connectivity index (χ2v) is 9.32. The van der Waals surface area contributed by atoms with Gasteiger partial charge in [-0.3, -0.25) is 0 Å². The Hall–Kier alpha value is -1.06. The van der Waals surface area contributed by atoms with E-state index >= 15 is 0 Å². The molecule has 1 aromatic carbocycles. The number of hydrogen-bond acceptors (Lipinski definition) is 3. The number of oxime groups is 1. The predicted octanol–water partition coefficient (Wildman–Crippen LogP) is 5.01. The van der Waals surface area contributed by atoms with Crippen LogP contribution in [0.3, 0.4) is 0 Å². The van der Waals surface area contributed by atoms with E-state index in [1.54, 1.807) is 0 Å². The van der Waals surface area contributed by atoms with Crippen molar-refractivity contribution in [1.82, 2.24) is 4.90 Å². The first kappa shape index (κ1) is 17.1. The van der Waals surface area contributed by atoms with Crippen LogP contribution in [-0.2, 0) is 10.3 Å². The minimum absolute atomic E-state index is 0.213. The standard InChI is InChI=1S/C22H29ClN2O/c1-2-26-24-20-14-22(19-13-17(23)5-6-18(19)20)7-9-25(10-8-22)21-12-15-3-4-16(21)11-15/h5-6,13,15-16,21H,2-4,7-12,14H2,1H3/t15-,16-,21-/m1/s1. The predicted molar refractivity (Wildman–Crippen MR) is 106 cm³/mol. The number of benzene rings is 1. The van der Waals surface area contributed by atoms with Crippen molar-refractivity contribution in [3.05, 3.63) is 34.3 Å². The van der Waals surface area contributed by atoms with Crippen LogP contribution in [-0.4, -0.2) is 36.3 Å². The molecule has 26 heavy (non-hydrogen) atoms. The van der Waals surface area contributed by atoms with Crippen molar-refractivity contribution in [3.8, 4) is 0 Å². The molecule has 0 aromatic heterocycles. The van der Waals surface area contributed by atoms with Crippen LogP contribution in [0.5, 0.6) is 0 Å². The third-order valence-electron chi connectivity index (χ3n) is 7.60. The lowest BCUT2D eigenvalue weighted by Gasteiger charge is -2.44. The van der Waals surface area contributed by atoms with Crippen molar-refractivity contribution in [2.45, 2.75) is 63.3 Å². The van der Waals surface area contributed by atoms with E-state index in [2.05, 4.69) is 22.2 Å². The molecule has 0 radical (unpaired) electrons. The van der Waals surface area contributed by atoms with Gasteiger partial charge in [-0.25, -0.2) is 0 Å². The number of hydrogen-bond donors (Lipinski definition) is 0. The van der Waals surface area contributed by atoms with Gasteiger partial charge >= 0.3 is 0 Å². The fraction of sp³-hybridized carbons (Fsp3) is 0.682. The van der Waals surface area contributed by atoms with Gasteiger partial charge in [-0.2, -0.15) is 0 Å². The van der Waals surface area contributed by atoms with E-state index in [4.69, 9.17) is 16.4 Å². The quantitative estimate of drug-likeness (QED) is 0.697. The van der Waals surface area contributed by atoms with Crippen LogP contribution in [0.1, 0.15) is 63.0 Å². The zero-order valence-electron chi connectivity index (χ0n) is 15.7. The number of rotatable bonds is 3. The normalized spacial score (nSPS) is 33.9. The summed E-state index contributed by atoms with van der Waals surface area (Å²) in [7, 11) is 0. The van der Waals surface area contributed by atoms with Crippen LogP contribution < -0.4 is 0 Å². The monoisotopic (exact) mass is 372 g/mol. The Kier molecular flexibility index (Phi) is 4.28. The van der Waals surface area contributed by atoms with Crippen molar-refractivity contribution < 1.29 is 4.84 Å². The molecule has 4 aliphatic rings. The maximum Gasteiger partial charge on any atom is 0.114 e. The van der Waals surface area contributed by atoms with E-state index in [1.807, 2.05) is 13.0 Å². The third kappa shape index (κ3) is 2.70. The number of halogens is 1. The van der Waals surface area contributed by atoms with E-state index in [9.17, 15) is 0 Å². The summed E-state index contributed by atoms with van der Waals surface area (Å²) in [5, 5.41) is 5.29. The lowest BCUT2D eigenvalue weighted by Crippen LogP contribution is -2.48. The molecule has 4 heteroatoms. The van der Waals surface area contributed by atoms with E-state index in [-0.39, 0.29) is 5.41 Å². The summed E-state index contributed by atoms with van der Waals surface area (Å²) < 4.78 is 0. The van der Waals surface area contributed by atoms with E-state index in [0.717, 1.165) is 35.0 Å². The topological polar surface area (TPSA) is 24.8 Å². The highest BCUT2D eigenvalue weighted by Crippen LogP contribution is 2.51. The number of piperidine rings is 1. The second-order valence-electron chi connectivity index (χ2n) is 8.88. The molecule has 1 aliphatic heterocycles. The Labute approximate surface area is 161 Å². The number of likely N-dealkylation sites (tertiary alicyclic amines) is 1. The Bertz CT molecular complexity index is 723. The SMILES string of the molecule is CCON=C1CC2(CCN([C@@H]3C[C@@H]4CC[C@@H]3C4)CC2)c2cc(Cl)ccc21. The molecular weight excluding hydrogens is 344 g/mol. The molecule has 0 N–H and O–H groups in total. The van der Waals surface area contributed by atoms with Crippen molar-refractivity contribution in [2.75, 3.05) is 19.7 Å². The van der Waals surface area contributed by atoms with Gasteiger partial charge in [0.25, 0.3) is 0 Å². The molecule has 1 saturated heterocycles. The second kappa shape index (κ2) is 6.53. The van der Waals surface area contributed by atoms with Gasteiger partial charge in [-0.15, -0.1) is 0 Å². The first-order valence-corrected chi connectivity index (χ1v) is 10.8. The highest BCUT2D eigenvalue weighted by atomic mass is 35.5. The van der Waals surface area contributed by atoms with Crippen LogP contribution in [0.2, 0.25) is 5.02 Å². The van der Waals surface area contributed by atoms with E-state index in [0.29, 0.717) is 6.61 Å². The maximum absolute atomic E-state index is 6.37. The molecule has 0 unspecified atom stereocenters. The molecule has 0 amide bonds. The molecule has 1 heterocycles. The van der Waals surface area contributed by atoms with Gasteiger partial charge in [0.15, 0.2) is 0 Å². The van der Waals surface area contributed by atoms with Gasteiger partial charge < -0.3 is 9.74 Å². The van der Waals surface area contributed by atoms with E-state index in [1.165, 1.54) is 62.7 Å². The fourth-order valence-electron chi connectivity index (χ4n) is 6.33. The molecule has 3 fully saturated rings. The molecule has 3 nitrogen and oxygen atoms in total. The lowest BCUT2D eigenvalue weighted by atomic mass is 9.73. The van der Waals surface area contributed by atoms with Gasteiger partial charge in [-0.05, 0) is 81.6 Å². The highest BCUT2D eigenvalue weighted by molar-refractivity contribution is 6.31. The van der Waals surface area contributed by atoms with Crippen molar-refractivity contribution in [1.29, 1.82) is 0 Å². The van der Waals surface area contributed by atoms with Crippen molar-refractivity contribution in [2.24, 2.45) is 17.0 Å². The summed E-state index contributed by atoms with van der Waals surface area (Å²) in [4.78, 5) is 8.24. The zero-order valence-corrected chi connectivity index (χ0v) is 16.5. The average molecular weight is 373 g/mol. The Morgan fingerprint density at radius 1 is 1.23 bits per heavy atom.